The van der Waals surface area contributed by atoms with Gasteiger partial charge in [-0.3, -0.25) is 5.10 Å². The minimum absolute atomic E-state index is 0.644. The number of nitrogens with zero attached hydrogens (tertiary/aromatic N) is 1. The summed E-state index contributed by atoms with van der Waals surface area (Å²) in [5.74, 6) is 0.738. The first-order chi connectivity index (χ1) is 7.86. The molecule has 3 rings (SSSR count). The molecule has 0 atom stereocenters. The molecule has 1 N–H and O–H groups in total. The lowest BCUT2D eigenvalue weighted by Crippen LogP contribution is -1.89. The van der Waals surface area contributed by atoms with E-state index < -0.39 is 0 Å². The third-order valence-corrected chi connectivity index (χ3v) is 2.76. The standard InChI is InChI=1S/C12H8N2OS/c16-12-9-5-2-1-4-8(9)11(13-14-12)10-6-3-7-15-10/h1-7H,(H,14,16). The van der Waals surface area contributed by atoms with Gasteiger partial charge in [-0.15, -0.1) is 0 Å². The van der Waals surface area contributed by atoms with E-state index in [1.54, 1.807) is 6.26 Å². The molecule has 3 nitrogen and oxygen atoms in total. The third kappa shape index (κ3) is 1.35. The average molecular weight is 228 g/mol. The van der Waals surface area contributed by atoms with Crippen molar-refractivity contribution in [1.29, 1.82) is 0 Å². The molecule has 2 heterocycles. The van der Waals surface area contributed by atoms with Crippen LogP contribution in [0.15, 0.2) is 47.1 Å². The summed E-state index contributed by atoms with van der Waals surface area (Å²) in [4.78, 5) is 0. The Hall–Kier alpha value is -1.94. The van der Waals surface area contributed by atoms with Gasteiger partial charge in [0, 0.05) is 10.8 Å². The maximum Gasteiger partial charge on any atom is 0.154 e. The molecule has 0 aliphatic rings. The molecule has 0 spiro atoms. The Morgan fingerprint density at radius 2 is 1.88 bits per heavy atom. The molecule has 4 heteroatoms. The molecule has 0 unspecified atom stereocenters. The summed E-state index contributed by atoms with van der Waals surface area (Å²) >= 11 is 5.19. The lowest BCUT2D eigenvalue weighted by molar-refractivity contribution is 0.579. The van der Waals surface area contributed by atoms with E-state index in [-0.39, 0.29) is 0 Å². The summed E-state index contributed by atoms with van der Waals surface area (Å²) < 4.78 is 6.00. The number of hydrogen-bond acceptors (Lipinski definition) is 3. The second-order valence-corrected chi connectivity index (χ2v) is 3.83. The van der Waals surface area contributed by atoms with Gasteiger partial charge in [0.15, 0.2) is 5.76 Å². The SMILES string of the molecule is S=c1[nH]nc(-c2ccco2)c2ccccc12. The second-order valence-electron chi connectivity index (χ2n) is 3.42. The fourth-order valence-electron chi connectivity index (χ4n) is 1.72. The molecular weight excluding hydrogens is 220 g/mol. The number of aromatic amines is 1. The van der Waals surface area contributed by atoms with Crippen molar-refractivity contribution in [2.75, 3.05) is 0 Å². The van der Waals surface area contributed by atoms with Crippen molar-refractivity contribution < 1.29 is 4.42 Å². The molecule has 2 aromatic heterocycles. The average Bonchev–Trinajstić information content (AvgIpc) is 2.83. The molecule has 78 valence electrons. The number of fused-ring (bicyclic) bond motifs is 1. The van der Waals surface area contributed by atoms with Crippen LogP contribution in [-0.4, -0.2) is 10.2 Å². The first kappa shape index (κ1) is 9.30. The number of aromatic nitrogens is 2. The van der Waals surface area contributed by atoms with Gasteiger partial charge < -0.3 is 4.42 Å². The van der Waals surface area contributed by atoms with E-state index in [2.05, 4.69) is 10.2 Å². The molecule has 0 bridgehead atoms. The monoisotopic (exact) mass is 228 g/mol. The topological polar surface area (TPSA) is 41.8 Å². The first-order valence-electron chi connectivity index (χ1n) is 4.87. The number of H-pyrrole nitrogens is 1. The van der Waals surface area contributed by atoms with Crippen LogP contribution in [0.25, 0.3) is 22.2 Å². The van der Waals surface area contributed by atoms with Crippen LogP contribution >= 0.6 is 12.2 Å². The highest BCUT2D eigenvalue weighted by Gasteiger charge is 2.08. The molecule has 16 heavy (non-hydrogen) atoms. The zero-order valence-electron chi connectivity index (χ0n) is 8.31. The van der Waals surface area contributed by atoms with Crippen molar-refractivity contribution in [3.63, 3.8) is 0 Å². The number of nitrogens with one attached hydrogen (secondary N) is 1. The van der Waals surface area contributed by atoms with E-state index in [0.29, 0.717) is 4.64 Å². The van der Waals surface area contributed by atoms with Gasteiger partial charge >= 0.3 is 0 Å². The first-order valence-corrected chi connectivity index (χ1v) is 5.28. The number of hydrogen-bond donors (Lipinski definition) is 1. The largest absolute Gasteiger partial charge is 0.463 e. The zero-order valence-corrected chi connectivity index (χ0v) is 9.12. The summed E-state index contributed by atoms with van der Waals surface area (Å²) in [6.07, 6.45) is 1.63. The Labute approximate surface area is 96.7 Å². The van der Waals surface area contributed by atoms with Gasteiger partial charge in [-0.1, -0.05) is 36.5 Å². The predicted octanol–water partition coefficient (Wildman–Crippen LogP) is 3.55. The van der Waals surface area contributed by atoms with E-state index in [9.17, 15) is 0 Å². The normalized spacial score (nSPS) is 10.8. The van der Waals surface area contributed by atoms with Crippen molar-refractivity contribution in [1.82, 2.24) is 10.2 Å². The highest BCUT2D eigenvalue weighted by atomic mass is 32.1. The van der Waals surface area contributed by atoms with Crippen molar-refractivity contribution in [3.05, 3.63) is 47.3 Å². The molecule has 0 aliphatic heterocycles. The molecule has 1 aromatic carbocycles. The summed E-state index contributed by atoms with van der Waals surface area (Å²) in [7, 11) is 0. The van der Waals surface area contributed by atoms with Crippen molar-refractivity contribution in [3.8, 4) is 11.5 Å². The van der Waals surface area contributed by atoms with Gasteiger partial charge in [0.1, 0.15) is 10.3 Å². The van der Waals surface area contributed by atoms with E-state index in [0.717, 1.165) is 22.2 Å². The summed E-state index contributed by atoms with van der Waals surface area (Å²) in [6, 6.07) is 11.6. The Morgan fingerprint density at radius 1 is 1.06 bits per heavy atom. The summed E-state index contributed by atoms with van der Waals surface area (Å²) in [6.45, 7) is 0. The van der Waals surface area contributed by atoms with Crippen molar-refractivity contribution in [2.24, 2.45) is 0 Å². The van der Waals surface area contributed by atoms with Crippen LogP contribution in [0.3, 0.4) is 0 Å². The highest BCUT2D eigenvalue weighted by Crippen LogP contribution is 2.26. The summed E-state index contributed by atoms with van der Waals surface area (Å²) in [5.41, 5.74) is 0.786. The zero-order chi connectivity index (χ0) is 11.0. The van der Waals surface area contributed by atoms with E-state index >= 15 is 0 Å². The van der Waals surface area contributed by atoms with E-state index in [4.69, 9.17) is 16.6 Å². The number of furan rings is 1. The highest BCUT2D eigenvalue weighted by molar-refractivity contribution is 7.71. The lowest BCUT2D eigenvalue weighted by atomic mass is 10.1. The minimum atomic E-state index is 0.644. The molecule has 0 fully saturated rings. The second kappa shape index (κ2) is 3.57. The quantitative estimate of drug-likeness (QED) is 0.647. The van der Waals surface area contributed by atoms with Crippen molar-refractivity contribution >= 4 is 23.0 Å². The van der Waals surface area contributed by atoms with Gasteiger partial charge in [0.25, 0.3) is 0 Å². The predicted molar refractivity (Wildman–Crippen MR) is 64.6 cm³/mol. The molecule has 0 radical (unpaired) electrons. The Kier molecular flexibility index (Phi) is 2.08. The number of benzene rings is 1. The number of rotatable bonds is 1. The molecule has 3 aromatic rings. The van der Waals surface area contributed by atoms with E-state index in [1.165, 1.54) is 0 Å². The fraction of sp³-hybridized carbons (Fsp3) is 0. The smallest absolute Gasteiger partial charge is 0.154 e. The molecular formula is C12H8N2OS. The molecule has 0 amide bonds. The van der Waals surface area contributed by atoms with Gasteiger partial charge in [-0.25, -0.2) is 0 Å². The van der Waals surface area contributed by atoms with Gasteiger partial charge in [0.2, 0.25) is 0 Å². The van der Waals surface area contributed by atoms with Crippen LogP contribution in [0.5, 0.6) is 0 Å². The maximum absolute atomic E-state index is 5.35. The van der Waals surface area contributed by atoms with Crippen LogP contribution in [0.2, 0.25) is 0 Å². The van der Waals surface area contributed by atoms with Gasteiger partial charge in [-0.2, -0.15) is 5.10 Å². The van der Waals surface area contributed by atoms with Gasteiger partial charge in [0.05, 0.1) is 6.26 Å². The van der Waals surface area contributed by atoms with E-state index in [1.807, 2.05) is 36.4 Å². The maximum atomic E-state index is 5.35. The lowest BCUT2D eigenvalue weighted by Gasteiger charge is -2.02. The van der Waals surface area contributed by atoms with Crippen LogP contribution < -0.4 is 0 Å². The Morgan fingerprint density at radius 3 is 2.62 bits per heavy atom. The van der Waals surface area contributed by atoms with Crippen LogP contribution in [0, 0.1) is 4.64 Å². The third-order valence-electron chi connectivity index (χ3n) is 2.45. The minimum Gasteiger partial charge on any atom is -0.463 e. The van der Waals surface area contributed by atoms with Gasteiger partial charge in [-0.05, 0) is 12.1 Å². The van der Waals surface area contributed by atoms with Crippen LogP contribution in [0.1, 0.15) is 0 Å². The molecule has 0 saturated heterocycles. The van der Waals surface area contributed by atoms with Crippen LogP contribution in [0.4, 0.5) is 0 Å². The van der Waals surface area contributed by atoms with Crippen LogP contribution in [-0.2, 0) is 0 Å². The molecule has 0 aliphatic carbocycles. The Balaban J connectivity index is 2.43. The summed E-state index contributed by atoms with van der Waals surface area (Å²) in [5, 5.41) is 9.05. The Bertz CT molecular complexity index is 686. The molecule has 0 saturated carbocycles. The fourth-order valence-corrected chi connectivity index (χ4v) is 1.94. The van der Waals surface area contributed by atoms with Crippen molar-refractivity contribution in [2.45, 2.75) is 0 Å².